The van der Waals surface area contributed by atoms with E-state index >= 15 is 0 Å². The molecule has 2 unspecified atom stereocenters. The number of carbonyl (C=O) groups is 1. The van der Waals surface area contributed by atoms with Gasteiger partial charge in [-0.05, 0) is 18.1 Å². The molecule has 1 aromatic carbocycles. The molecule has 1 aromatic rings. The van der Waals surface area contributed by atoms with Crippen LogP contribution in [0.1, 0.15) is 18.9 Å². The Balaban J connectivity index is 1.63. The van der Waals surface area contributed by atoms with Gasteiger partial charge in [-0.3, -0.25) is 4.79 Å². The molecule has 0 aliphatic carbocycles. The molecule has 1 fully saturated rings. The number of benzene rings is 1. The minimum atomic E-state index is -0.0162. The van der Waals surface area contributed by atoms with Crippen LogP contribution < -0.4 is 10.1 Å². The fourth-order valence-corrected chi connectivity index (χ4v) is 2.89. The fraction of sp³-hybridized carbons (Fsp3) is 0.533. The van der Waals surface area contributed by atoms with Crippen molar-refractivity contribution >= 4 is 5.91 Å². The molecule has 3 rings (SSSR count). The summed E-state index contributed by atoms with van der Waals surface area (Å²) >= 11 is 0. The average Bonchev–Trinajstić information content (AvgIpc) is 2.83. The largest absolute Gasteiger partial charge is 0.488 e. The van der Waals surface area contributed by atoms with E-state index in [1.807, 2.05) is 30.0 Å². The van der Waals surface area contributed by atoms with Crippen LogP contribution in [0.5, 0.6) is 5.75 Å². The molecule has 19 heavy (non-hydrogen) atoms. The van der Waals surface area contributed by atoms with Crippen LogP contribution >= 0.6 is 0 Å². The molecular formula is C15H20N2O2. The second-order valence-electron chi connectivity index (χ2n) is 5.25. The standard InChI is InChI=1S/C15H20N2O2/c1-2-13-15(18)17(8-7-16-13)10-12-9-11-5-3-4-6-14(11)19-12/h3-6,12-13,16H,2,7-10H2,1H3. The van der Waals surface area contributed by atoms with Gasteiger partial charge < -0.3 is 15.0 Å². The third-order valence-electron chi connectivity index (χ3n) is 3.93. The third kappa shape index (κ3) is 2.45. The van der Waals surface area contributed by atoms with Gasteiger partial charge in [0, 0.05) is 19.5 Å². The number of ether oxygens (including phenoxy) is 1. The minimum Gasteiger partial charge on any atom is -0.488 e. The van der Waals surface area contributed by atoms with Crippen LogP contribution in [0.2, 0.25) is 0 Å². The summed E-state index contributed by atoms with van der Waals surface area (Å²) in [5.74, 6) is 1.19. The lowest BCUT2D eigenvalue weighted by molar-refractivity contribution is -0.136. The monoisotopic (exact) mass is 260 g/mol. The van der Waals surface area contributed by atoms with Gasteiger partial charge in [0.25, 0.3) is 0 Å². The topological polar surface area (TPSA) is 41.6 Å². The maximum atomic E-state index is 12.2. The van der Waals surface area contributed by atoms with E-state index in [1.54, 1.807) is 0 Å². The Morgan fingerprint density at radius 2 is 2.26 bits per heavy atom. The molecule has 0 saturated carbocycles. The smallest absolute Gasteiger partial charge is 0.239 e. The molecule has 1 saturated heterocycles. The van der Waals surface area contributed by atoms with Gasteiger partial charge in [0.1, 0.15) is 11.9 Å². The number of amides is 1. The summed E-state index contributed by atoms with van der Waals surface area (Å²) in [5.41, 5.74) is 1.25. The number of hydrogen-bond donors (Lipinski definition) is 1. The Hall–Kier alpha value is -1.55. The summed E-state index contributed by atoms with van der Waals surface area (Å²) in [4.78, 5) is 14.2. The number of rotatable bonds is 3. The highest BCUT2D eigenvalue weighted by atomic mass is 16.5. The van der Waals surface area contributed by atoms with Crippen LogP contribution in [-0.4, -0.2) is 42.6 Å². The first kappa shape index (κ1) is 12.5. The molecular weight excluding hydrogens is 240 g/mol. The predicted molar refractivity (Wildman–Crippen MR) is 73.2 cm³/mol. The SMILES string of the molecule is CCC1NCCN(CC2Cc3ccccc3O2)C1=O. The van der Waals surface area contributed by atoms with Crippen LogP contribution in [0.3, 0.4) is 0 Å². The second kappa shape index (κ2) is 5.21. The summed E-state index contributed by atoms with van der Waals surface area (Å²) in [5, 5.41) is 3.26. The Morgan fingerprint density at radius 3 is 3.05 bits per heavy atom. The molecule has 4 nitrogen and oxygen atoms in total. The van der Waals surface area contributed by atoms with Crippen molar-refractivity contribution in [1.29, 1.82) is 0 Å². The fourth-order valence-electron chi connectivity index (χ4n) is 2.89. The van der Waals surface area contributed by atoms with Gasteiger partial charge in [-0.15, -0.1) is 0 Å². The highest BCUT2D eigenvalue weighted by Crippen LogP contribution is 2.28. The van der Waals surface area contributed by atoms with Crippen molar-refractivity contribution in [3.63, 3.8) is 0 Å². The Kier molecular flexibility index (Phi) is 3.42. The summed E-state index contributed by atoms with van der Waals surface area (Å²) in [6, 6.07) is 8.11. The van der Waals surface area contributed by atoms with Crippen LogP contribution in [-0.2, 0) is 11.2 Å². The van der Waals surface area contributed by atoms with E-state index < -0.39 is 0 Å². The Morgan fingerprint density at radius 1 is 1.42 bits per heavy atom. The van der Waals surface area contributed by atoms with E-state index in [-0.39, 0.29) is 18.1 Å². The molecule has 2 atom stereocenters. The first-order valence-electron chi connectivity index (χ1n) is 7.04. The number of carbonyl (C=O) groups excluding carboxylic acids is 1. The molecule has 2 aliphatic heterocycles. The van der Waals surface area contributed by atoms with Crippen molar-refractivity contribution in [1.82, 2.24) is 10.2 Å². The number of hydrogen-bond acceptors (Lipinski definition) is 3. The molecule has 0 aromatic heterocycles. The molecule has 4 heteroatoms. The van der Waals surface area contributed by atoms with Gasteiger partial charge in [0.05, 0.1) is 12.6 Å². The number of piperazine rings is 1. The third-order valence-corrected chi connectivity index (χ3v) is 3.93. The van der Waals surface area contributed by atoms with Crippen molar-refractivity contribution in [3.8, 4) is 5.75 Å². The highest BCUT2D eigenvalue weighted by Gasteiger charge is 2.31. The van der Waals surface area contributed by atoms with E-state index in [9.17, 15) is 4.79 Å². The average molecular weight is 260 g/mol. The maximum absolute atomic E-state index is 12.2. The molecule has 1 N–H and O–H groups in total. The normalized spacial score (nSPS) is 26.2. The minimum absolute atomic E-state index is 0.0162. The zero-order valence-corrected chi connectivity index (χ0v) is 11.3. The summed E-state index contributed by atoms with van der Waals surface area (Å²) in [6.07, 6.45) is 1.86. The van der Waals surface area contributed by atoms with Crippen LogP contribution in [0.15, 0.2) is 24.3 Å². The predicted octanol–water partition coefficient (Wildman–Crippen LogP) is 1.20. The Labute approximate surface area is 113 Å². The highest BCUT2D eigenvalue weighted by molar-refractivity contribution is 5.82. The summed E-state index contributed by atoms with van der Waals surface area (Å²) < 4.78 is 5.91. The molecule has 102 valence electrons. The first-order chi connectivity index (χ1) is 9.28. The van der Waals surface area contributed by atoms with Crippen LogP contribution in [0.4, 0.5) is 0 Å². The molecule has 2 aliphatic rings. The van der Waals surface area contributed by atoms with E-state index in [2.05, 4.69) is 11.4 Å². The van der Waals surface area contributed by atoms with Crippen molar-refractivity contribution < 1.29 is 9.53 Å². The second-order valence-corrected chi connectivity index (χ2v) is 5.25. The van der Waals surface area contributed by atoms with Crippen LogP contribution in [0.25, 0.3) is 0 Å². The van der Waals surface area contributed by atoms with Crippen molar-refractivity contribution in [2.24, 2.45) is 0 Å². The first-order valence-corrected chi connectivity index (χ1v) is 7.04. The van der Waals surface area contributed by atoms with Gasteiger partial charge >= 0.3 is 0 Å². The lowest BCUT2D eigenvalue weighted by Gasteiger charge is -2.34. The zero-order valence-electron chi connectivity index (χ0n) is 11.3. The lowest BCUT2D eigenvalue weighted by Crippen LogP contribution is -2.56. The number of para-hydroxylation sites is 1. The van der Waals surface area contributed by atoms with Crippen molar-refractivity contribution in [3.05, 3.63) is 29.8 Å². The Bertz CT molecular complexity index is 450. The van der Waals surface area contributed by atoms with E-state index in [4.69, 9.17) is 4.74 Å². The van der Waals surface area contributed by atoms with E-state index in [1.165, 1.54) is 5.56 Å². The van der Waals surface area contributed by atoms with Gasteiger partial charge in [-0.25, -0.2) is 0 Å². The van der Waals surface area contributed by atoms with Gasteiger partial charge in [0.2, 0.25) is 5.91 Å². The van der Waals surface area contributed by atoms with E-state index in [0.29, 0.717) is 6.54 Å². The van der Waals surface area contributed by atoms with Crippen LogP contribution in [0, 0.1) is 0 Å². The zero-order chi connectivity index (χ0) is 13.2. The summed E-state index contributed by atoms with van der Waals surface area (Å²) in [7, 11) is 0. The maximum Gasteiger partial charge on any atom is 0.239 e. The molecule has 1 amide bonds. The van der Waals surface area contributed by atoms with Gasteiger partial charge in [0.15, 0.2) is 0 Å². The quantitative estimate of drug-likeness (QED) is 0.888. The van der Waals surface area contributed by atoms with Crippen molar-refractivity contribution in [2.75, 3.05) is 19.6 Å². The molecule has 0 spiro atoms. The van der Waals surface area contributed by atoms with Gasteiger partial charge in [-0.2, -0.15) is 0 Å². The lowest BCUT2D eigenvalue weighted by atomic mass is 10.1. The van der Waals surface area contributed by atoms with E-state index in [0.717, 1.165) is 31.7 Å². The summed E-state index contributed by atoms with van der Waals surface area (Å²) in [6.45, 7) is 4.40. The number of nitrogens with zero attached hydrogens (tertiary/aromatic N) is 1. The van der Waals surface area contributed by atoms with Gasteiger partial charge in [-0.1, -0.05) is 25.1 Å². The molecule has 0 bridgehead atoms. The number of nitrogens with one attached hydrogen (secondary N) is 1. The molecule has 2 heterocycles. The number of fused-ring (bicyclic) bond motifs is 1. The van der Waals surface area contributed by atoms with Crippen molar-refractivity contribution in [2.45, 2.75) is 31.9 Å². The molecule has 0 radical (unpaired) electrons.